The maximum atomic E-state index is 9.47. The van der Waals surface area contributed by atoms with Gasteiger partial charge in [0.2, 0.25) is 0 Å². The quantitative estimate of drug-likeness (QED) is 0.163. The second kappa shape index (κ2) is 22.1. The molecule has 416 valence electrons. The van der Waals surface area contributed by atoms with Crippen LogP contribution in [0.1, 0.15) is 49.9 Å². The molecule has 0 unspecified atom stereocenters. The summed E-state index contributed by atoms with van der Waals surface area (Å²) < 4.78 is 5.63. The number of rotatable bonds is 6. The molecular formula is C78H62BBrN4O2. The van der Waals surface area contributed by atoms with Crippen molar-refractivity contribution >= 4 is 106 Å². The Bertz CT molecular complexity index is 4720. The van der Waals surface area contributed by atoms with Gasteiger partial charge < -0.3 is 29.0 Å². The third-order valence-corrected chi connectivity index (χ3v) is 18.0. The maximum Gasteiger partial charge on any atom is 0.488 e. The zero-order valence-corrected chi connectivity index (χ0v) is 49.9. The topological polar surface area (TPSA) is 56.8 Å². The van der Waals surface area contributed by atoms with Gasteiger partial charge >= 0.3 is 7.12 Å². The molecule has 0 aliphatic carbocycles. The van der Waals surface area contributed by atoms with Gasteiger partial charge in [-0.1, -0.05) is 226 Å². The zero-order chi connectivity index (χ0) is 58.7. The van der Waals surface area contributed by atoms with E-state index in [1.807, 2.05) is 54.6 Å². The molecule has 0 saturated heterocycles. The summed E-state index contributed by atoms with van der Waals surface area (Å²) in [6, 6.07) is 103. The average molecular weight is 1180 g/mol. The third kappa shape index (κ3) is 9.38. The largest absolute Gasteiger partial charge is 0.488 e. The standard InChI is InChI=1S/C39H30N2.C21H18BrN.C18H14BNO2/c1-39(2)33-15-7-10-18-36(33)41(37-19-11-8-16-34(37)39)30-23-20-27(21-24-30)28-22-25-32-31-14-6-9-17-35(31)40(38(32)26-28)29-12-4-3-5-13-29;1-21(2)17-7-3-5-9-19(17)23(16-13-11-15(22)12-14-16)20-10-6-4-8-18(20)21;21-19(22)13-10-11-16-15-8-4-5-9-17(15)20(18(16)12-13)14-6-2-1-3-7-14/h3-26H,1-2H3;3-14H,1-2H3;1-12,21-22H. The summed E-state index contributed by atoms with van der Waals surface area (Å²) in [5, 5.41) is 23.7. The number of hydrogen-bond donors (Lipinski definition) is 2. The number of fused-ring (bicyclic) bond motifs is 10. The molecule has 2 aliphatic rings. The SMILES string of the molecule is CC1(C)c2ccccc2N(c2ccc(-c3ccc4c5ccccc5n(-c5ccccc5)c4c3)cc2)c2ccccc21.CC1(C)c2ccccc2N(c2ccc(Br)cc2)c2ccccc21.OB(O)c1ccc2c3ccccc3n(-c3ccccc3)c2c1. The highest BCUT2D eigenvalue weighted by Gasteiger charge is 2.38. The van der Waals surface area contributed by atoms with Crippen LogP contribution in [-0.2, 0) is 10.8 Å². The molecule has 0 radical (unpaired) electrons. The van der Waals surface area contributed by atoms with Crippen LogP contribution in [-0.4, -0.2) is 26.3 Å². The van der Waals surface area contributed by atoms with E-state index < -0.39 is 7.12 Å². The molecule has 8 heteroatoms. The maximum absolute atomic E-state index is 9.47. The molecule has 12 aromatic carbocycles. The first kappa shape index (κ1) is 54.3. The Hall–Kier alpha value is -9.70. The molecule has 16 rings (SSSR count). The van der Waals surface area contributed by atoms with Crippen LogP contribution < -0.4 is 15.3 Å². The van der Waals surface area contributed by atoms with Crippen LogP contribution >= 0.6 is 15.9 Å². The van der Waals surface area contributed by atoms with Gasteiger partial charge in [0.15, 0.2) is 0 Å². The first-order valence-corrected chi connectivity index (χ1v) is 30.1. The Morgan fingerprint density at radius 3 is 1.07 bits per heavy atom. The number of anilines is 6. The van der Waals surface area contributed by atoms with Crippen molar-refractivity contribution in [1.82, 2.24) is 9.13 Å². The lowest BCUT2D eigenvalue weighted by Gasteiger charge is -2.42. The minimum absolute atomic E-state index is 0.000942. The highest BCUT2D eigenvalue weighted by atomic mass is 79.9. The van der Waals surface area contributed by atoms with E-state index in [0.717, 1.165) is 32.0 Å². The first-order chi connectivity index (χ1) is 42.0. The Morgan fingerprint density at radius 2 is 0.640 bits per heavy atom. The van der Waals surface area contributed by atoms with Crippen LogP contribution in [0.3, 0.4) is 0 Å². The van der Waals surface area contributed by atoms with Gasteiger partial charge in [-0.05, 0) is 148 Å². The Kier molecular flexibility index (Phi) is 13.9. The van der Waals surface area contributed by atoms with Crippen molar-refractivity contribution < 1.29 is 10.0 Å². The highest BCUT2D eigenvalue weighted by molar-refractivity contribution is 9.10. The molecule has 86 heavy (non-hydrogen) atoms. The van der Waals surface area contributed by atoms with Crippen molar-refractivity contribution in [3.05, 3.63) is 318 Å². The lowest BCUT2D eigenvalue weighted by molar-refractivity contribution is 0.426. The van der Waals surface area contributed by atoms with E-state index in [0.29, 0.717) is 5.46 Å². The molecule has 0 spiro atoms. The lowest BCUT2D eigenvalue weighted by atomic mass is 9.73. The number of nitrogens with zero attached hydrogens (tertiary/aromatic N) is 4. The Balaban J connectivity index is 0.000000123. The lowest BCUT2D eigenvalue weighted by Crippen LogP contribution is -2.30. The number of para-hydroxylation sites is 8. The van der Waals surface area contributed by atoms with Crippen LogP contribution in [0.25, 0.3) is 66.1 Å². The molecule has 0 bridgehead atoms. The fourth-order valence-electron chi connectivity index (χ4n) is 13.3. The van der Waals surface area contributed by atoms with Gasteiger partial charge in [0.05, 0.1) is 44.8 Å². The molecule has 14 aromatic rings. The van der Waals surface area contributed by atoms with Crippen LogP contribution in [0.4, 0.5) is 34.1 Å². The molecule has 4 heterocycles. The number of halogens is 1. The van der Waals surface area contributed by atoms with Crippen LogP contribution in [0.15, 0.2) is 296 Å². The Morgan fingerprint density at radius 1 is 0.302 bits per heavy atom. The van der Waals surface area contributed by atoms with Crippen molar-refractivity contribution in [3.63, 3.8) is 0 Å². The molecule has 2 N–H and O–H groups in total. The van der Waals surface area contributed by atoms with E-state index in [-0.39, 0.29) is 10.8 Å². The number of aromatic nitrogens is 2. The molecule has 0 atom stereocenters. The minimum atomic E-state index is -1.47. The predicted molar refractivity (Wildman–Crippen MR) is 365 cm³/mol. The summed E-state index contributed by atoms with van der Waals surface area (Å²) in [7, 11) is -1.47. The fourth-order valence-corrected chi connectivity index (χ4v) is 13.6. The molecule has 0 fully saturated rings. The van der Waals surface area contributed by atoms with Crippen molar-refractivity contribution in [2.75, 3.05) is 9.80 Å². The summed E-state index contributed by atoms with van der Waals surface area (Å²) in [6.07, 6.45) is 0. The summed E-state index contributed by atoms with van der Waals surface area (Å²) in [5.74, 6) is 0. The molecule has 2 aliphatic heterocycles. The Labute approximate surface area is 511 Å². The summed E-state index contributed by atoms with van der Waals surface area (Å²) in [5.41, 5.74) is 22.4. The van der Waals surface area contributed by atoms with Crippen LogP contribution in [0.2, 0.25) is 0 Å². The smallest absolute Gasteiger partial charge is 0.423 e. The van der Waals surface area contributed by atoms with Crippen molar-refractivity contribution in [2.24, 2.45) is 0 Å². The van der Waals surface area contributed by atoms with E-state index in [4.69, 9.17) is 0 Å². The highest BCUT2D eigenvalue weighted by Crippen LogP contribution is 2.53. The summed E-state index contributed by atoms with van der Waals surface area (Å²) in [4.78, 5) is 4.78. The van der Waals surface area contributed by atoms with Gasteiger partial charge in [-0.15, -0.1) is 0 Å². The monoisotopic (exact) mass is 1180 g/mol. The fraction of sp³-hybridized carbons (Fsp3) is 0.0769. The second-order valence-corrected chi connectivity index (χ2v) is 24.2. The predicted octanol–water partition coefficient (Wildman–Crippen LogP) is 19.6. The van der Waals surface area contributed by atoms with E-state index in [1.54, 1.807) is 6.07 Å². The number of hydrogen-bond acceptors (Lipinski definition) is 4. The first-order valence-electron chi connectivity index (χ1n) is 29.3. The van der Waals surface area contributed by atoms with Crippen LogP contribution in [0, 0.1) is 0 Å². The van der Waals surface area contributed by atoms with Gasteiger partial charge in [-0.25, -0.2) is 0 Å². The molecule has 6 nitrogen and oxygen atoms in total. The average Bonchev–Trinajstić information content (AvgIpc) is 3.48. The van der Waals surface area contributed by atoms with Gasteiger partial charge in [-0.3, -0.25) is 0 Å². The molecule has 0 amide bonds. The van der Waals surface area contributed by atoms with Crippen molar-refractivity contribution in [2.45, 2.75) is 38.5 Å². The molecule has 0 saturated carbocycles. The van der Waals surface area contributed by atoms with Gasteiger partial charge in [0.1, 0.15) is 0 Å². The molecular weight excluding hydrogens is 1120 g/mol. The minimum Gasteiger partial charge on any atom is -0.423 e. The van der Waals surface area contributed by atoms with Gasteiger partial charge in [-0.2, -0.15) is 0 Å². The van der Waals surface area contributed by atoms with Crippen molar-refractivity contribution in [3.8, 4) is 22.5 Å². The van der Waals surface area contributed by atoms with E-state index >= 15 is 0 Å². The van der Waals surface area contributed by atoms with Crippen LogP contribution in [0.5, 0.6) is 0 Å². The second-order valence-electron chi connectivity index (χ2n) is 23.3. The number of benzene rings is 12. The summed E-state index contributed by atoms with van der Waals surface area (Å²) >= 11 is 3.53. The summed E-state index contributed by atoms with van der Waals surface area (Å²) in [6.45, 7) is 9.28. The van der Waals surface area contributed by atoms with E-state index in [2.05, 4.69) is 293 Å². The van der Waals surface area contributed by atoms with Gasteiger partial charge in [0.25, 0.3) is 0 Å². The normalized spacial score (nSPS) is 13.4. The van der Waals surface area contributed by atoms with E-state index in [1.165, 1.54) is 95.0 Å². The third-order valence-electron chi connectivity index (χ3n) is 17.5. The molecule has 2 aromatic heterocycles. The van der Waals surface area contributed by atoms with E-state index in [9.17, 15) is 10.0 Å². The zero-order valence-electron chi connectivity index (χ0n) is 48.4. The van der Waals surface area contributed by atoms with Crippen molar-refractivity contribution in [1.29, 1.82) is 0 Å². The van der Waals surface area contributed by atoms with Gasteiger partial charge in [0, 0.05) is 59.6 Å².